The number of alkyl halides is 3. The summed E-state index contributed by atoms with van der Waals surface area (Å²) in [6.07, 6.45) is -4.45. The average Bonchev–Trinajstić information content (AvgIpc) is 2.60. The van der Waals surface area contributed by atoms with E-state index in [4.69, 9.17) is 4.74 Å². The molecule has 0 amide bonds. The number of hydrogen-bond donors (Lipinski definition) is 0. The minimum Gasteiger partial charge on any atom is -0.465 e. The molecule has 0 aromatic heterocycles. The predicted molar refractivity (Wildman–Crippen MR) is 93.4 cm³/mol. The van der Waals surface area contributed by atoms with E-state index in [-0.39, 0.29) is 24.5 Å². The molecule has 0 bridgehead atoms. The zero-order valence-electron chi connectivity index (χ0n) is 14.6. The minimum absolute atomic E-state index is 0.158. The first kappa shape index (κ1) is 20.2. The van der Waals surface area contributed by atoms with Crippen molar-refractivity contribution in [1.82, 2.24) is 0 Å². The van der Waals surface area contributed by atoms with Crippen molar-refractivity contribution in [3.05, 3.63) is 58.1 Å². The van der Waals surface area contributed by atoms with Gasteiger partial charge in [0.2, 0.25) is 0 Å². The maximum absolute atomic E-state index is 12.7. The summed E-state index contributed by atoms with van der Waals surface area (Å²) in [5, 5.41) is 11.3. The Kier molecular flexibility index (Phi) is 6.04. The Balaban J connectivity index is 2.39. The molecule has 9 heteroatoms. The molecular formula is C18H17F3N2O4. The van der Waals surface area contributed by atoms with Gasteiger partial charge in [-0.25, -0.2) is 0 Å². The molecule has 6 nitrogen and oxygen atoms in total. The number of ether oxygens (including phenoxy) is 1. The SMILES string of the molecule is CCOC(=O)CN(C)c1cc(-c2ccc(C(F)(F)F)cc2)ccc1[N+](=O)[O-]. The molecule has 144 valence electrons. The summed E-state index contributed by atoms with van der Waals surface area (Å²) in [6.45, 7) is 1.62. The number of rotatable bonds is 6. The first-order valence-corrected chi connectivity index (χ1v) is 7.96. The average molecular weight is 382 g/mol. The smallest absolute Gasteiger partial charge is 0.416 e. The monoisotopic (exact) mass is 382 g/mol. The van der Waals surface area contributed by atoms with Gasteiger partial charge < -0.3 is 9.64 Å². The molecule has 0 unspecified atom stereocenters. The van der Waals surface area contributed by atoms with Crippen LogP contribution >= 0.6 is 0 Å². The summed E-state index contributed by atoms with van der Waals surface area (Å²) < 4.78 is 42.9. The third kappa shape index (κ3) is 4.96. The Labute approximate surface area is 153 Å². The van der Waals surface area contributed by atoms with Gasteiger partial charge in [-0.1, -0.05) is 12.1 Å². The number of esters is 1. The van der Waals surface area contributed by atoms with Crippen LogP contribution in [0.2, 0.25) is 0 Å². The third-order valence-corrected chi connectivity index (χ3v) is 3.80. The topological polar surface area (TPSA) is 72.7 Å². The van der Waals surface area contributed by atoms with Crippen molar-refractivity contribution < 1.29 is 27.6 Å². The Morgan fingerprint density at radius 3 is 2.26 bits per heavy atom. The van der Waals surface area contributed by atoms with Crippen molar-refractivity contribution in [1.29, 1.82) is 0 Å². The minimum atomic E-state index is -4.45. The second kappa shape index (κ2) is 8.07. The maximum atomic E-state index is 12.7. The number of hydrogen-bond acceptors (Lipinski definition) is 5. The number of halogens is 3. The Morgan fingerprint density at radius 2 is 1.74 bits per heavy atom. The van der Waals surface area contributed by atoms with Gasteiger partial charge in [0.15, 0.2) is 0 Å². The molecule has 0 atom stereocenters. The predicted octanol–water partition coefficient (Wildman–Crippen LogP) is 4.28. The maximum Gasteiger partial charge on any atom is 0.416 e. The third-order valence-electron chi connectivity index (χ3n) is 3.80. The highest BCUT2D eigenvalue weighted by molar-refractivity contribution is 5.80. The summed E-state index contributed by atoms with van der Waals surface area (Å²) in [5.41, 5.74) is 0.0967. The number of carbonyl (C=O) groups is 1. The van der Waals surface area contributed by atoms with Gasteiger partial charge in [0, 0.05) is 13.1 Å². The van der Waals surface area contributed by atoms with E-state index in [0.29, 0.717) is 11.1 Å². The summed E-state index contributed by atoms with van der Waals surface area (Å²) in [4.78, 5) is 23.7. The van der Waals surface area contributed by atoms with Crippen LogP contribution in [0.15, 0.2) is 42.5 Å². The van der Waals surface area contributed by atoms with Crippen molar-refractivity contribution in [3.63, 3.8) is 0 Å². The molecule has 0 spiro atoms. The van der Waals surface area contributed by atoms with E-state index in [1.807, 2.05) is 0 Å². The second-order valence-corrected chi connectivity index (χ2v) is 5.70. The highest BCUT2D eigenvalue weighted by Crippen LogP contribution is 2.34. The normalized spacial score (nSPS) is 11.1. The summed E-state index contributed by atoms with van der Waals surface area (Å²) >= 11 is 0. The van der Waals surface area contributed by atoms with Gasteiger partial charge in [0.25, 0.3) is 5.69 Å². The van der Waals surface area contributed by atoms with Crippen molar-refractivity contribution >= 4 is 17.3 Å². The number of nitro groups is 1. The van der Waals surface area contributed by atoms with Crippen LogP contribution < -0.4 is 4.90 Å². The number of nitro benzene ring substituents is 1. The van der Waals surface area contributed by atoms with Crippen molar-refractivity contribution in [2.75, 3.05) is 25.1 Å². The van der Waals surface area contributed by atoms with E-state index >= 15 is 0 Å². The molecule has 27 heavy (non-hydrogen) atoms. The van der Waals surface area contributed by atoms with E-state index in [9.17, 15) is 28.1 Å². The molecule has 2 aromatic carbocycles. The number of likely N-dealkylation sites (N-methyl/N-ethyl adjacent to an activating group) is 1. The van der Waals surface area contributed by atoms with E-state index in [0.717, 1.165) is 12.1 Å². The van der Waals surface area contributed by atoms with Crippen LogP contribution in [0.4, 0.5) is 24.5 Å². The van der Waals surface area contributed by atoms with E-state index in [1.165, 1.54) is 42.3 Å². The zero-order chi connectivity index (χ0) is 20.2. The molecule has 0 aliphatic rings. The lowest BCUT2D eigenvalue weighted by Crippen LogP contribution is -2.27. The van der Waals surface area contributed by atoms with Gasteiger partial charge in [-0.05, 0) is 42.3 Å². The molecule has 0 saturated carbocycles. The van der Waals surface area contributed by atoms with Crippen molar-refractivity contribution in [3.8, 4) is 11.1 Å². The highest BCUT2D eigenvalue weighted by atomic mass is 19.4. The summed E-state index contributed by atoms with van der Waals surface area (Å²) in [6, 6.07) is 8.63. The first-order valence-electron chi connectivity index (χ1n) is 7.96. The van der Waals surface area contributed by atoms with Gasteiger partial charge in [0.05, 0.1) is 17.1 Å². The van der Waals surface area contributed by atoms with Crippen molar-refractivity contribution in [2.45, 2.75) is 13.1 Å². The first-order chi connectivity index (χ1) is 12.6. The number of benzene rings is 2. The second-order valence-electron chi connectivity index (χ2n) is 5.70. The highest BCUT2D eigenvalue weighted by Gasteiger charge is 2.30. The summed E-state index contributed by atoms with van der Waals surface area (Å²) in [5.74, 6) is -0.547. The van der Waals surface area contributed by atoms with Gasteiger partial charge >= 0.3 is 12.1 Å². The van der Waals surface area contributed by atoms with Gasteiger partial charge in [-0.15, -0.1) is 0 Å². The van der Waals surface area contributed by atoms with Crippen LogP contribution in [0.3, 0.4) is 0 Å². The number of anilines is 1. The van der Waals surface area contributed by atoms with Gasteiger partial charge in [0.1, 0.15) is 12.2 Å². The van der Waals surface area contributed by atoms with Crippen LogP contribution in [0.25, 0.3) is 11.1 Å². The Bertz CT molecular complexity index is 835. The van der Waals surface area contributed by atoms with Crippen LogP contribution in [0, 0.1) is 10.1 Å². The Morgan fingerprint density at radius 1 is 1.15 bits per heavy atom. The Hall–Kier alpha value is -3.10. The van der Waals surface area contributed by atoms with Crippen molar-refractivity contribution in [2.24, 2.45) is 0 Å². The van der Waals surface area contributed by atoms with Crippen LogP contribution in [0.5, 0.6) is 0 Å². The van der Waals surface area contributed by atoms with Crippen LogP contribution in [0.1, 0.15) is 12.5 Å². The fraction of sp³-hybridized carbons (Fsp3) is 0.278. The lowest BCUT2D eigenvalue weighted by atomic mass is 10.0. The van der Waals surface area contributed by atoms with E-state index < -0.39 is 22.6 Å². The number of carbonyl (C=O) groups excluding carboxylic acids is 1. The molecule has 0 radical (unpaired) electrons. The summed E-state index contributed by atoms with van der Waals surface area (Å²) in [7, 11) is 1.50. The molecule has 0 aliphatic carbocycles. The molecule has 2 rings (SSSR count). The standard InChI is InChI=1S/C18H17F3N2O4/c1-3-27-17(24)11-22(2)16-10-13(6-9-15(16)23(25)26)12-4-7-14(8-5-12)18(19,20)21/h4-10H,3,11H2,1-2H3. The zero-order valence-corrected chi connectivity index (χ0v) is 14.6. The number of nitrogens with zero attached hydrogens (tertiary/aromatic N) is 2. The fourth-order valence-corrected chi connectivity index (χ4v) is 2.50. The molecule has 0 N–H and O–H groups in total. The van der Waals surface area contributed by atoms with Crippen LogP contribution in [-0.2, 0) is 15.7 Å². The molecule has 2 aromatic rings. The largest absolute Gasteiger partial charge is 0.465 e. The van der Waals surface area contributed by atoms with E-state index in [1.54, 1.807) is 6.92 Å². The lowest BCUT2D eigenvalue weighted by molar-refractivity contribution is -0.384. The molecular weight excluding hydrogens is 365 g/mol. The molecule has 0 fully saturated rings. The van der Waals surface area contributed by atoms with E-state index in [2.05, 4.69) is 0 Å². The molecule has 0 heterocycles. The lowest BCUT2D eigenvalue weighted by Gasteiger charge is -2.19. The molecule has 0 saturated heterocycles. The fourth-order valence-electron chi connectivity index (χ4n) is 2.50. The molecule has 0 aliphatic heterocycles. The van der Waals surface area contributed by atoms with Gasteiger partial charge in [-0.2, -0.15) is 13.2 Å². The van der Waals surface area contributed by atoms with Crippen LogP contribution in [-0.4, -0.2) is 31.1 Å². The quantitative estimate of drug-likeness (QED) is 0.424. The van der Waals surface area contributed by atoms with Gasteiger partial charge in [-0.3, -0.25) is 14.9 Å².